The smallest absolute Gasteiger partial charge is 0.726 e. The third kappa shape index (κ3) is 17.0. The molecule has 0 bridgehead atoms. The van der Waals surface area contributed by atoms with Crippen LogP contribution >= 0.6 is 0 Å². The Bertz CT molecular complexity index is 321. The van der Waals surface area contributed by atoms with Crippen molar-refractivity contribution in [2.75, 3.05) is 0 Å². The van der Waals surface area contributed by atoms with Crippen molar-refractivity contribution in [3.63, 3.8) is 0 Å². The van der Waals surface area contributed by atoms with Crippen molar-refractivity contribution in [2.24, 2.45) is 0 Å². The molecule has 122 valence electrons. The Hall–Kier alpha value is 0.790. The van der Waals surface area contributed by atoms with E-state index in [1.54, 1.807) is 0 Å². The van der Waals surface area contributed by atoms with Gasteiger partial charge in [-0.15, -0.1) is 0 Å². The van der Waals surface area contributed by atoms with Crippen LogP contribution in [0.15, 0.2) is 0 Å². The first-order valence-electron chi connectivity index (χ1n) is 7.37. The molecule has 0 saturated heterocycles. The predicted molar refractivity (Wildman–Crippen MR) is 74.6 cm³/mol. The third-order valence-electron chi connectivity index (χ3n) is 3.17. The van der Waals surface area contributed by atoms with E-state index < -0.39 is 22.8 Å². The van der Waals surface area contributed by atoms with Gasteiger partial charge >= 0.3 is 29.6 Å². The van der Waals surface area contributed by atoms with Gasteiger partial charge in [0.15, 0.2) is 6.29 Å². The summed E-state index contributed by atoms with van der Waals surface area (Å²) in [6.45, 7) is 2.18. The zero-order valence-corrected chi connectivity index (χ0v) is 16.0. The van der Waals surface area contributed by atoms with Gasteiger partial charge in [0.1, 0.15) is 6.10 Å². The molecule has 0 fully saturated rings. The van der Waals surface area contributed by atoms with Gasteiger partial charge in [0.05, 0.1) is 0 Å². The number of aliphatic hydroxyl groups is 2. The molecular weight excluding hydrogens is 307 g/mol. The van der Waals surface area contributed by atoms with E-state index in [-0.39, 0.29) is 36.0 Å². The Morgan fingerprint density at radius 1 is 0.952 bits per heavy atom. The fourth-order valence-electron chi connectivity index (χ4n) is 2.05. The molecule has 1 atom stereocenters. The van der Waals surface area contributed by atoms with E-state index in [2.05, 4.69) is 11.1 Å². The number of aliphatic hydroxyl groups excluding tert-OH is 1. The summed E-state index contributed by atoms with van der Waals surface area (Å²) in [6.07, 6.45) is 6.65. The third-order valence-corrected chi connectivity index (χ3v) is 3.65. The molecule has 8 heteroatoms. The molecule has 0 aliphatic rings. The van der Waals surface area contributed by atoms with Crippen LogP contribution in [0.2, 0.25) is 0 Å². The van der Waals surface area contributed by atoms with Gasteiger partial charge in [-0.25, -0.2) is 8.42 Å². The Balaban J connectivity index is 0. The van der Waals surface area contributed by atoms with Crippen molar-refractivity contribution < 1.29 is 56.9 Å². The molecule has 0 heterocycles. The Morgan fingerprint density at radius 2 is 1.38 bits per heavy atom. The molecule has 0 rings (SSSR count). The fourth-order valence-corrected chi connectivity index (χ4v) is 2.55. The van der Waals surface area contributed by atoms with Gasteiger partial charge in [-0.3, -0.25) is 4.18 Å². The Labute approximate surface area is 150 Å². The van der Waals surface area contributed by atoms with Crippen LogP contribution in [0.25, 0.3) is 0 Å². The molecule has 0 amide bonds. The molecule has 2 N–H and O–H groups in total. The van der Waals surface area contributed by atoms with Crippen molar-refractivity contribution in [1.29, 1.82) is 0 Å². The van der Waals surface area contributed by atoms with Gasteiger partial charge in [0.25, 0.3) is 0 Å². The van der Waals surface area contributed by atoms with Gasteiger partial charge in [-0.05, 0) is 6.42 Å². The molecule has 6 nitrogen and oxygen atoms in total. The summed E-state index contributed by atoms with van der Waals surface area (Å²) < 4.78 is 35.3. The summed E-state index contributed by atoms with van der Waals surface area (Å²) in [5, 5.41) is 17.9. The standard InChI is InChI=1S/C13H28O6S.Na/c1-2-3-4-5-6-7-8-9-10-11-12(13(14)15)19-20(16,17)18;/h12-15H,2-11H2,1H3,(H,16,17,18);/q;+1/p-1. The molecule has 1 unspecified atom stereocenters. The summed E-state index contributed by atoms with van der Waals surface area (Å²) in [6, 6.07) is 0. The summed E-state index contributed by atoms with van der Waals surface area (Å²) in [7, 11) is -4.90. The summed E-state index contributed by atoms with van der Waals surface area (Å²) >= 11 is 0. The van der Waals surface area contributed by atoms with Crippen LogP contribution in [-0.4, -0.2) is 35.6 Å². The van der Waals surface area contributed by atoms with E-state index in [9.17, 15) is 13.0 Å². The predicted octanol–water partition coefficient (Wildman–Crippen LogP) is -0.933. The minimum Gasteiger partial charge on any atom is -0.726 e. The van der Waals surface area contributed by atoms with Crippen molar-refractivity contribution >= 4 is 10.4 Å². The second kappa shape index (κ2) is 14.4. The van der Waals surface area contributed by atoms with E-state index in [0.29, 0.717) is 6.42 Å². The van der Waals surface area contributed by atoms with Crippen molar-refractivity contribution in [1.82, 2.24) is 0 Å². The second-order valence-corrected chi connectivity index (χ2v) is 6.08. The topological polar surface area (TPSA) is 107 Å². The van der Waals surface area contributed by atoms with Gasteiger partial charge in [-0.2, -0.15) is 0 Å². The van der Waals surface area contributed by atoms with Crippen LogP contribution in [0, 0.1) is 0 Å². The number of unbranched alkanes of at least 4 members (excludes halogenated alkanes) is 8. The monoisotopic (exact) mass is 334 g/mol. The molecule has 0 aromatic carbocycles. The van der Waals surface area contributed by atoms with Crippen molar-refractivity contribution in [3.8, 4) is 0 Å². The second-order valence-electron chi connectivity index (χ2n) is 5.07. The maximum atomic E-state index is 10.4. The van der Waals surface area contributed by atoms with Crippen molar-refractivity contribution in [3.05, 3.63) is 0 Å². The minimum absolute atomic E-state index is 0. The average molecular weight is 334 g/mol. The molecule has 0 aromatic rings. The van der Waals surface area contributed by atoms with Crippen molar-refractivity contribution in [2.45, 2.75) is 83.5 Å². The SMILES string of the molecule is CCCCCCCCCCCC(OS(=O)(=O)[O-])C(O)O.[Na+]. The first-order chi connectivity index (χ1) is 9.37. The molecule has 0 aliphatic carbocycles. The van der Waals surface area contributed by atoms with Crippen LogP contribution in [0.1, 0.15) is 71.1 Å². The van der Waals surface area contributed by atoms with E-state index in [0.717, 1.165) is 19.3 Å². The van der Waals surface area contributed by atoms with Crippen LogP contribution in [0.4, 0.5) is 0 Å². The van der Waals surface area contributed by atoms with E-state index >= 15 is 0 Å². The van der Waals surface area contributed by atoms with Crippen LogP contribution in [0.5, 0.6) is 0 Å². The fraction of sp³-hybridized carbons (Fsp3) is 1.00. The van der Waals surface area contributed by atoms with Gasteiger partial charge in [0.2, 0.25) is 10.4 Å². The summed E-state index contributed by atoms with van der Waals surface area (Å²) in [5.41, 5.74) is 0. The van der Waals surface area contributed by atoms with Crippen LogP contribution < -0.4 is 29.6 Å². The minimum atomic E-state index is -4.90. The van der Waals surface area contributed by atoms with Crippen LogP contribution in [-0.2, 0) is 14.6 Å². The van der Waals surface area contributed by atoms with E-state index in [4.69, 9.17) is 10.2 Å². The Kier molecular flexibility index (Phi) is 16.5. The van der Waals surface area contributed by atoms with Gasteiger partial charge in [-0.1, -0.05) is 64.7 Å². The maximum absolute atomic E-state index is 10.4. The average Bonchev–Trinajstić information content (AvgIpc) is 2.33. The van der Waals surface area contributed by atoms with E-state index in [1.807, 2.05) is 0 Å². The molecule has 0 radical (unpaired) electrons. The maximum Gasteiger partial charge on any atom is 1.00 e. The first kappa shape index (κ1) is 24.0. The molecule has 21 heavy (non-hydrogen) atoms. The van der Waals surface area contributed by atoms with Gasteiger partial charge in [0, 0.05) is 0 Å². The van der Waals surface area contributed by atoms with Crippen LogP contribution in [0.3, 0.4) is 0 Å². The molecular formula is C13H27NaO6S. The zero-order chi connectivity index (χ0) is 15.4. The first-order valence-corrected chi connectivity index (χ1v) is 8.70. The largest absolute Gasteiger partial charge is 1.00 e. The zero-order valence-electron chi connectivity index (χ0n) is 13.2. The molecule has 0 saturated carbocycles. The number of hydrogen-bond acceptors (Lipinski definition) is 6. The quantitative estimate of drug-likeness (QED) is 0.148. The van der Waals surface area contributed by atoms with E-state index in [1.165, 1.54) is 32.1 Å². The normalized spacial score (nSPS) is 13.2. The molecule has 0 spiro atoms. The summed E-state index contributed by atoms with van der Waals surface area (Å²) in [4.78, 5) is 0. The summed E-state index contributed by atoms with van der Waals surface area (Å²) in [5.74, 6) is 0. The molecule has 0 aliphatic heterocycles. The van der Waals surface area contributed by atoms with Gasteiger partial charge < -0.3 is 14.8 Å². The number of rotatable bonds is 13. The number of hydrogen-bond donors (Lipinski definition) is 2. The Morgan fingerprint density at radius 3 is 1.76 bits per heavy atom. The molecule has 0 aromatic heterocycles.